The van der Waals surface area contributed by atoms with Crippen molar-refractivity contribution in [3.05, 3.63) is 0 Å². The Morgan fingerprint density at radius 2 is 2.45 bits per heavy atom. The van der Waals surface area contributed by atoms with Crippen molar-refractivity contribution in [2.45, 2.75) is 25.5 Å². The Bertz CT molecular complexity index is 149. The number of nitrogens with one attached hydrogen (secondary N) is 1. The zero-order chi connectivity index (χ0) is 8.27. The van der Waals surface area contributed by atoms with Gasteiger partial charge < -0.3 is 15.8 Å². The van der Waals surface area contributed by atoms with Gasteiger partial charge in [0.05, 0.1) is 6.04 Å². The van der Waals surface area contributed by atoms with E-state index in [0.29, 0.717) is 0 Å². The molecule has 0 aromatic rings. The lowest BCUT2D eigenvalue weighted by atomic mass is 10.1. The van der Waals surface area contributed by atoms with Crippen LogP contribution in [-0.2, 0) is 9.53 Å². The van der Waals surface area contributed by atoms with Crippen molar-refractivity contribution in [3.8, 4) is 0 Å². The minimum absolute atomic E-state index is 0.0485. The Kier molecular flexibility index (Phi) is 2.84. The van der Waals surface area contributed by atoms with Crippen LogP contribution in [0.15, 0.2) is 0 Å². The van der Waals surface area contributed by atoms with Gasteiger partial charge in [0.1, 0.15) is 6.10 Å². The number of carbonyl (C=O) groups excluding carboxylic acids is 1. The minimum atomic E-state index is -0.243. The van der Waals surface area contributed by atoms with E-state index in [-0.39, 0.29) is 18.1 Å². The summed E-state index contributed by atoms with van der Waals surface area (Å²) in [6, 6.07) is -0.0485. The van der Waals surface area contributed by atoms with Crippen LogP contribution < -0.4 is 11.1 Å². The highest BCUT2D eigenvalue weighted by Crippen LogP contribution is 2.06. The fourth-order valence-electron chi connectivity index (χ4n) is 1.22. The third-order valence-corrected chi connectivity index (χ3v) is 1.78. The predicted octanol–water partition coefficient (Wildman–Crippen LogP) is -0.761. The van der Waals surface area contributed by atoms with E-state index in [1.54, 1.807) is 0 Å². The van der Waals surface area contributed by atoms with Gasteiger partial charge in [0, 0.05) is 13.5 Å². The van der Waals surface area contributed by atoms with E-state index < -0.39 is 0 Å². The summed E-state index contributed by atoms with van der Waals surface area (Å²) in [7, 11) is 0. The smallest absolute Gasteiger partial charge is 0.302 e. The third-order valence-electron chi connectivity index (χ3n) is 1.78. The fraction of sp³-hybridized carbons (Fsp3) is 0.857. The second-order valence-electron chi connectivity index (χ2n) is 2.80. The van der Waals surface area contributed by atoms with Crippen LogP contribution in [0.25, 0.3) is 0 Å². The van der Waals surface area contributed by atoms with Crippen LogP contribution >= 0.6 is 0 Å². The third kappa shape index (κ3) is 2.48. The Labute approximate surface area is 66.1 Å². The van der Waals surface area contributed by atoms with Gasteiger partial charge in [-0.05, 0) is 13.0 Å². The fourth-order valence-corrected chi connectivity index (χ4v) is 1.22. The molecule has 1 aliphatic heterocycles. The molecule has 0 bridgehead atoms. The maximum Gasteiger partial charge on any atom is 0.302 e. The van der Waals surface area contributed by atoms with Gasteiger partial charge >= 0.3 is 5.97 Å². The van der Waals surface area contributed by atoms with Crippen LogP contribution in [0, 0.1) is 0 Å². The van der Waals surface area contributed by atoms with Gasteiger partial charge in [-0.3, -0.25) is 4.79 Å². The van der Waals surface area contributed by atoms with E-state index in [2.05, 4.69) is 5.32 Å². The summed E-state index contributed by atoms with van der Waals surface area (Å²) in [4.78, 5) is 10.6. The molecule has 1 saturated heterocycles. The summed E-state index contributed by atoms with van der Waals surface area (Å²) in [5, 5.41) is 3.12. The molecule has 1 aliphatic rings. The van der Waals surface area contributed by atoms with Crippen molar-refractivity contribution in [1.82, 2.24) is 5.32 Å². The van der Waals surface area contributed by atoms with E-state index in [4.69, 9.17) is 10.5 Å². The van der Waals surface area contributed by atoms with Crippen molar-refractivity contribution in [3.63, 3.8) is 0 Å². The number of esters is 1. The van der Waals surface area contributed by atoms with Crippen LogP contribution in [0.1, 0.15) is 13.3 Å². The SMILES string of the molecule is CC(=O)OC1CCNCC1N. The second kappa shape index (κ2) is 3.69. The maximum atomic E-state index is 10.6. The van der Waals surface area contributed by atoms with Gasteiger partial charge in [-0.25, -0.2) is 0 Å². The highest BCUT2D eigenvalue weighted by atomic mass is 16.5. The van der Waals surface area contributed by atoms with Crippen LogP contribution in [-0.4, -0.2) is 31.2 Å². The first kappa shape index (κ1) is 8.49. The van der Waals surface area contributed by atoms with E-state index in [0.717, 1.165) is 19.5 Å². The minimum Gasteiger partial charge on any atom is -0.461 e. The first-order valence-corrected chi connectivity index (χ1v) is 3.83. The summed E-state index contributed by atoms with van der Waals surface area (Å²) < 4.78 is 5.00. The lowest BCUT2D eigenvalue weighted by Gasteiger charge is -2.28. The molecule has 2 atom stereocenters. The average Bonchev–Trinajstić information content (AvgIpc) is 1.93. The molecule has 0 saturated carbocycles. The quantitative estimate of drug-likeness (QED) is 0.492. The molecule has 2 unspecified atom stereocenters. The van der Waals surface area contributed by atoms with Gasteiger partial charge in [-0.15, -0.1) is 0 Å². The number of nitrogens with two attached hydrogens (primary N) is 1. The molecule has 0 aromatic carbocycles. The van der Waals surface area contributed by atoms with Gasteiger partial charge in [0.15, 0.2) is 0 Å². The van der Waals surface area contributed by atoms with E-state index in [1.807, 2.05) is 0 Å². The monoisotopic (exact) mass is 158 g/mol. The number of rotatable bonds is 1. The number of piperidine rings is 1. The first-order chi connectivity index (χ1) is 5.20. The van der Waals surface area contributed by atoms with Gasteiger partial charge in [-0.2, -0.15) is 0 Å². The molecule has 0 aliphatic carbocycles. The highest BCUT2D eigenvalue weighted by molar-refractivity contribution is 5.66. The maximum absolute atomic E-state index is 10.6. The normalized spacial score (nSPS) is 31.5. The molecule has 0 amide bonds. The molecule has 11 heavy (non-hydrogen) atoms. The number of hydrogen-bond acceptors (Lipinski definition) is 4. The molecular weight excluding hydrogens is 144 g/mol. The molecule has 64 valence electrons. The van der Waals surface area contributed by atoms with Crippen molar-refractivity contribution >= 4 is 5.97 Å². The van der Waals surface area contributed by atoms with Crippen molar-refractivity contribution < 1.29 is 9.53 Å². The van der Waals surface area contributed by atoms with Gasteiger partial charge in [0.2, 0.25) is 0 Å². The molecule has 0 spiro atoms. The molecule has 4 nitrogen and oxygen atoms in total. The van der Waals surface area contributed by atoms with Crippen LogP contribution in [0.3, 0.4) is 0 Å². The van der Waals surface area contributed by atoms with E-state index in [1.165, 1.54) is 6.92 Å². The number of ether oxygens (including phenoxy) is 1. The Balaban J connectivity index is 2.35. The second-order valence-corrected chi connectivity index (χ2v) is 2.80. The topological polar surface area (TPSA) is 64.3 Å². The molecule has 0 aromatic heterocycles. The average molecular weight is 158 g/mol. The van der Waals surface area contributed by atoms with Crippen molar-refractivity contribution in [2.75, 3.05) is 13.1 Å². The molecule has 4 heteroatoms. The Morgan fingerprint density at radius 3 is 3.00 bits per heavy atom. The standard InChI is InChI=1S/C7H14N2O2/c1-5(10)11-7-2-3-9-4-6(7)8/h6-7,9H,2-4,8H2,1H3. The Morgan fingerprint density at radius 1 is 1.73 bits per heavy atom. The summed E-state index contributed by atoms with van der Waals surface area (Å²) in [5.74, 6) is -0.243. The lowest BCUT2D eigenvalue weighted by molar-refractivity contribution is -0.148. The van der Waals surface area contributed by atoms with Gasteiger partial charge in [-0.1, -0.05) is 0 Å². The molecule has 1 fully saturated rings. The zero-order valence-corrected chi connectivity index (χ0v) is 6.67. The first-order valence-electron chi connectivity index (χ1n) is 3.83. The predicted molar refractivity (Wildman–Crippen MR) is 41.0 cm³/mol. The summed E-state index contributed by atoms with van der Waals surface area (Å²) in [6.45, 7) is 3.03. The highest BCUT2D eigenvalue weighted by Gasteiger charge is 2.23. The summed E-state index contributed by atoms with van der Waals surface area (Å²) in [6.07, 6.45) is 0.731. The van der Waals surface area contributed by atoms with E-state index in [9.17, 15) is 4.79 Å². The zero-order valence-electron chi connectivity index (χ0n) is 6.67. The van der Waals surface area contributed by atoms with Crippen LogP contribution in [0.4, 0.5) is 0 Å². The molecular formula is C7H14N2O2. The van der Waals surface area contributed by atoms with Gasteiger partial charge in [0.25, 0.3) is 0 Å². The van der Waals surface area contributed by atoms with E-state index >= 15 is 0 Å². The largest absolute Gasteiger partial charge is 0.461 e. The van der Waals surface area contributed by atoms with Crippen LogP contribution in [0.5, 0.6) is 0 Å². The summed E-state index contributed by atoms with van der Waals surface area (Å²) in [5.41, 5.74) is 5.69. The lowest BCUT2D eigenvalue weighted by Crippen LogP contribution is -2.50. The Hall–Kier alpha value is -0.610. The van der Waals surface area contributed by atoms with Crippen LogP contribution in [0.2, 0.25) is 0 Å². The molecule has 3 N–H and O–H groups in total. The van der Waals surface area contributed by atoms with Crippen molar-refractivity contribution in [1.29, 1.82) is 0 Å². The number of carbonyl (C=O) groups is 1. The molecule has 0 radical (unpaired) electrons. The molecule has 1 rings (SSSR count). The summed E-state index contributed by atoms with van der Waals surface area (Å²) >= 11 is 0. The molecule has 1 heterocycles. The van der Waals surface area contributed by atoms with Crippen molar-refractivity contribution in [2.24, 2.45) is 5.73 Å². The number of hydrogen-bond donors (Lipinski definition) is 2.